The molecule has 1 atom stereocenters. The Labute approximate surface area is 151 Å². The maximum absolute atomic E-state index is 8.70. The molecule has 0 aliphatic heterocycles. The largest absolute Gasteiger partial charge is 0.516 e. The van der Waals surface area contributed by atoms with E-state index in [4.69, 9.17) is 10.2 Å². The summed E-state index contributed by atoms with van der Waals surface area (Å²) in [6.07, 6.45) is 19.6. The first-order valence-electron chi connectivity index (χ1n) is 9.13. The van der Waals surface area contributed by atoms with Crippen LogP contribution in [0.3, 0.4) is 0 Å². The summed E-state index contributed by atoms with van der Waals surface area (Å²) in [5, 5.41) is 15.7. The number of aliphatic hydroxyl groups excluding tert-OH is 2. The van der Waals surface area contributed by atoms with Crippen molar-refractivity contribution in [1.82, 2.24) is 0 Å². The minimum absolute atomic E-state index is 0.799. The number of methoxy groups -OCH3 is 1. The molecule has 0 fully saturated rings. The van der Waals surface area contributed by atoms with Gasteiger partial charge in [-0.15, -0.1) is 0 Å². The van der Waals surface area contributed by atoms with Crippen molar-refractivity contribution in [3.05, 3.63) is 36.1 Å². The van der Waals surface area contributed by atoms with E-state index in [0.29, 0.717) is 0 Å². The minimum atomic E-state index is 0.799. The Bertz CT molecular complexity index is 293. The molecule has 0 amide bonds. The van der Waals surface area contributed by atoms with Crippen LogP contribution in [0, 0.1) is 5.92 Å². The molecular formula is C21H42O3. The molecule has 0 rings (SSSR count). The average molecular weight is 343 g/mol. The van der Waals surface area contributed by atoms with Crippen molar-refractivity contribution >= 4 is 0 Å². The molecule has 0 aromatic heterocycles. The van der Waals surface area contributed by atoms with Crippen molar-refractivity contribution in [3.8, 4) is 0 Å². The molecule has 0 bridgehead atoms. The highest BCUT2D eigenvalue weighted by Gasteiger charge is 2.03. The van der Waals surface area contributed by atoms with Gasteiger partial charge in [0.05, 0.1) is 6.26 Å². The van der Waals surface area contributed by atoms with Crippen molar-refractivity contribution in [2.45, 2.75) is 72.1 Å². The Morgan fingerprint density at radius 1 is 1.04 bits per heavy atom. The molecule has 0 aliphatic rings. The molecular weight excluding hydrogens is 300 g/mol. The average Bonchev–Trinajstić information content (AvgIpc) is 2.59. The van der Waals surface area contributed by atoms with E-state index in [1.807, 2.05) is 13.0 Å². The Kier molecular flexibility index (Phi) is 31.0. The molecule has 0 spiro atoms. The lowest BCUT2D eigenvalue weighted by molar-refractivity contribution is 0.277. The first kappa shape index (κ1) is 27.8. The van der Waals surface area contributed by atoms with Crippen molar-refractivity contribution in [2.24, 2.45) is 5.92 Å². The fraction of sp³-hybridized carbons (Fsp3) is 0.714. The summed E-state index contributed by atoms with van der Waals surface area (Å²) in [5.41, 5.74) is 1.30. The van der Waals surface area contributed by atoms with E-state index in [0.717, 1.165) is 25.7 Å². The molecule has 1 unspecified atom stereocenters. The molecule has 2 N–H and O–H groups in total. The third-order valence-electron chi connectivity index (χ3n) is 3.50. The summed E-state index contributed by atoms with van der Waals surface area (Å²) in [7, 11) is 4.25. The number of hydrogen-bond donors (Lipinski definition) is 2. The van der Waals surface area contributed by atoms with Gasteiger partial charge in [-0.05, 0) is 37.3 Å². The van der Waals surface area contributed by atoms with Gasteiger partial charge in [0.15, 0.2) is 0 Å². The second-order valence-corrected chi connectivity index (χ2v) is 5.84. The fourth-order valence-electron chi connectivity index (χ4n) is 2.26. The topological polar surface area (TPSA) is 49.7 Å². The number of hydrogen-bond acceptors (Lipinski definition) is 3. The van der Waals surface area contributed by atoms with E-state index in [1.54, 1.807) is 20.3 Å². The maximum Gasteiger partial charge on any atom is 0.0791 e. The summed E-state index contributed by atoms with van der Waals surface area (Å²) in [6.45, 7) is 6.65. The van der Waals surface area contributed by atoms with Crippen molar-refractivity contribution in [2.75, 3.05) is 21.3 Å². The number of rotatable bonds is 11. The van der Waals surface area contributed by atoms with Crippen LogP contribution in [0.4, 0.5) is 0 Å². The van der Waals surface area contributed by atoms with Crippen LogP contribution < -0.4 is 0 Å². The summed E-state index contributed by atoms with van der Waals surface area (Å²) < 4.78 is 4.25. The molecule has 0 aromatic rings. The highest BCUT2D eigenvalue weighted by molar-refractivity contribution is 5.22. The van der Waals surface area contributed by atoms with Gasteiger partial charge in [0.1, 0.15) is 0 Å². The van der Waals surface area contributed by atoms with Crippen LogP contribution in [0.5, 0.6) is 0 Å². The second-order valence-electron chi connectivity index (χ2n) is 5.84. The van der Waals surface area contributed by atoms with Crippen LogP contribution in [0.15, 0.2) is 36.1 Å². The monoisotopic (exact) mass is 342 g/mol. The summed E-state index contributed by atoms with van der Waals surface area (Å²) in [6, 6.07) is 0. The van der Waals surface area contributed by atoms with E-state index in [2.05, 4.69) is 30.7 Å². The highest BCUT2D eigenvalue weighted by Crippen LogP contribution is 2.19. The number of ether oxygens (including phenoxy) is 1. The van der Waals surface area contributed by atoms with Gasteiger partial charge < -0.3 is 14.9 Å². The van der Waals surface area contributed by atoms with Gasteiger partial charge in [0.25, 0.3) is 0 Å². The van der Waals surface area contributed by atoms with Gasteiger partial charge in [-0.25, -0.2) is 0 Å². The third-order valence-corrected chi connectivity index (χ3v) is 3.50. The Hall–Kier alpha value is -1.06. The Balaban J connectivity index is -0.000000786. The maximum atomic E-state index is 8.70. The van der Waals surface area contributed by atoms with E-state index < -0.39 is 0 Å². The zero-order valence-corrected chi connectivity index (χ0v) is 16.9. The van der Waals surface area contributed by atoms with Gasteiger partial charge in [0, 0.05) is 21.3 Å². The molecule has 0 aliphatic carbocycles. The Morgan fingerprint density at radius 2 is 1.62 bits per heavy atom. The van der Waals surface area contributed by atoms with Gasteiger partial charge in [-0.3, -0.25) is 0 Å². The lowest BCUT2D eigenvalue weighted by Crippen LogP contribution is -1.96. The molecule has 3 heteroatoms. The molecule has 0 radical (unpaired) electrons. The predicted octanol–water partition coefficient (Wildman–Crippen LogP) is 6.21. The van der Waals surface area contributed by atoms with Crippen molar-refractivity contribution < 1.29 is 14.9 Å². The zero-order chi connectivity index (χ0) is 19.1. The molecule has 0 heterocycles. The number of unbranched alkanes of at least 4 members (excludes halogenated alkanes) is 4. The molecule has 0 saturated heterocycles. The lowest BCUT2D eigenvalue weighted by Gasteiger charge is -2.11. The van der Waals surface area contributed by atoms with Gasteiger partial charge in [-0.1, -0.05) is 70.6 Å². The van der Waals surface area contributed by atoms with E-state index in [9.17, 15) is 0 Å². The first-order chi connectivity index (χ1) is 11.7. The van der Waals surface area contributed by atoms with Gasteiger partial charge in [0.2, 0.25) is 0 Å². The lowest BCUT2D eigenvalue weighted by atomic mass is 9.95. The molecule has 0 saturated carbocycles. The van der Waals surface area contributed by atoms with Crippen LogP contribution in [0.2, 0.25) is 0 Å². The SMILES string of the molecule is CO.COC.C\C=C/C(=C\C=C\O)CCC(C)CCCCCCC. The first-order valence-corrected chi connectivity index (χ1v) is 9.13. The molecule has 3 nitrogen and oxygen atoms in total. The predicted molar refractivity (Wildman–Crippen MR) is 108 cm³/mol. The normalized spacial score (nSPS) is 12.5. The van der Waals surface area contributed by atoms with Gasteiger partial charge in [-0.2, -0.15) is 0 Å². The summed E-state index contributed by atoms with van der Waals surface area (Å²) >= 11 is 0. The van der Waals surface area contributed by atoms with Crippen LogP contribution >= 0.6 is 0 Å². The van der Waals surface area contributed by atoms with Crippen LogP contribution in [0.1, 0.15) is 72.1 Å². The summed E-state index contributed by atoms with van der Waals surface area (Å²) in [5.74, 6) is 0.799. The quantitative estimate of drug-likeness (QED) is 0.267. The smallest absolute Gasteiger partial charge is 0.0791 e. The van der Waals surface area contributed by atoms with E-state index in [-0.39, 0.29) is 0 Å². The van der Waals surface area contributed by atoms with Crippen molar-refractivity contribution in [3.63, 3.8) is 0 Å². The molecule has 24 heavy (non-hydrogen) atoms. The van der Waals surface area contributed by atoms with Gasteiger partial charge >= 0.3 is 0 Å². The molecule has 0 aromatic carbocycles. The third kappa shape index (κ3) is 25.9. The molecule has 144 valence electrons. The van der Waals surface area contributed by atoms with Crippen LogP contribution in [-0.4, -0.2) is 31.5 Å². The fourth-order valence-corrected chi connectivity index (χ4v) is 2.26. The number of aliphatic hydroxyl groups is 2. The highest BCUT2D eigenvalue weighted by atomic mass is 16.4. The van der Waals surface area contributed by atoms with E-state index in [1.165, 1.54) is 50.5 Å². The van der Waals surface area contributed by atoms with Crippen LogP contribution in [-0.2, 0) is 4.74 Å². The summed E-state index contributed by atoms with van der Waals surface area (Å²) in [4.78, 5) is 0. The van der Waals surface area contributed by atoms with Crippen LogP contribution in [0.25, 0.3) is 0 Å². The second kappa shape index (κ2) is 26.8. The standard InChI is InChI=1S/C18H32O.C2H6O.CH4O/c1-4-6-7-8-9-12-17(3)14-15-18(11-5-2)13-10-16-19;1-3-2;1-2/h5,10-11,13,16-17,19H,4,6-9,12,14-15H2,1-3H3;1-2H3;2H,1H3/b11-5-,16-10+,18-13+;;. The minimum Gasteiger partial charge on any atom is -0.516 e. The Morgan fingerprint density at radius 3 is 2.12 bits per heavy atom. The van der Waals surface area contributed by atoms with E-state index >= 15 is 0 Å². The zero-order valence-electron chi connectivity index (χ0n) is 16.9. The number of allylic oxidation sites excluding steroid dienone is 5. The van der Waals surface area contributed by atoms with Crippen molar-refractivity contribution in [1.29, 1.82) is 0 Å².